The van der Waals surface area contributed by atoms with E-state index in [9.17, 15) is 9.90 Å². The fourth-order valence-corrected chi connectivity index (χ4v) is 5.82. The lowest BCUT2D eigenvalue weighted by Gasteiger charge is -2.35. The average molecular weight is 602 g/mol. The maximum absolute atomic E-state index is 13.3. The van der Waals surface area contributed by atoms with Crippen LogP contribution < -0.4 is 20.6 Å². The van der Waals surface area contributed by atoms with Crippen LogP contribution >= 0.6 is 0 Å². The molecule has 2 N–H and O–H groups in total. The molecular formula is C33H35N3O8. The first-order valence-electron chi connectivity index (χ1n) is 14.3. The molecule has 0 spiro atoms. The van der Waals surface area contributed by atoms with Gasteiger partial charge in [0.15, 0.2) is 23.4 Å². The lowest BCUT2D eigenvalue weighted by Crippen LogP contribution is -2.37. The van der Waals surface area contributed by atoms with Gasteiger partial charge in [-0.15, -0.1) is 0 Å². The van der Waals surface area contributed by atoms with Crippen molar-refractivity contribution < 1.29 is 33.6 Å². The van der Waals surface area contributed by atoms with E-state index in [1.165, 1.54) is 4.57 Å². The summed E-state index contributed by atoms with van der Waals surface area (Å²) >= 11 is 0. The van der Waals surface area contributed by atoms with E-state index < -0.39 is 41.6 Å². The van der Waals surface area contributed by atoms with Crippen LogP contribution in [0.4, 0.5) is 5.82 Å². The number of nitrogens with one attached hydrogen (secondary N) is 1. The van der Waals surface area contributed by atoms with Crippen LogP contribution in [0.1, 0.15) is 36.8 Å². The molecule has 11 nitrogen and oxygen atoms in total. The number of ether oxygens (including phenoxy) is 5. The number of hydrogen-bond acceptors (Lipinski definition) is 10. The smallest absolute Gasteiger partial charge is 0.351 e. The van der Waals surface area contributed by atoms with Gasteiger partial charge in [-0.05, 0) is 60.9 Å². The van der Waals surface area contributed by atoms with E-state index >= 15 is 0 Å². The van der Waals surface area contributed by atoms with Gasteiger partial charge in [-0.1, -0.05) is 54.6 Å². The molecule has 44 heavy (non-hydrogen) atoms. The van der Waals surface area contributed by atoms with Crippen LogP contribution in [-0.4, -0.2) is 59.6 Å². The number of anilines is 1. The van der Waals surface area contributed by atoms with Gasteiger partial charge in [0.25, 0.3) is 0 Å². The fourth-order valence-electron chi connectivity index (χ4n) is 5.82. The summed E-state index contributed by atoms with van der Waals surface area (Å²) in [6.45, 7) is 3.30. The molecule has 2 aliphatic heterocycles. The number of benzene rings is 3. The van der Waals surface area contributed by atoms with Gasteiger partial charge in [0, 0.05) is 6.20 Å². The summed E-state index contributed by atoms with van der Waals surface area (Å²) in [5.74, 6) is 0.707. The van der Waals surface area contributed by atoms with Crippen LogP contribution in [0.5, 0.6) is 11.5 Å². The predicted octanol–water partition coefficient (Wildman–Crippen LogP) is 4.01. The van der Waals surface area contributed by atoms with Crippen LogP contribution in [0.25, 0.3) is 0 Å². The summed E-state index contributed by atoms with van der Waals surface area (Å²) < 4.78 is 30.1. The van der Waals surface area contributed by atoms with Crippen molar-refractivity contribution in [3.8, 4) is 11.5 Å². The Labute approximate surface area is 254 Å². The Bertz CT molecular complexity index is 1580. The number of hydrogen-bond donors (Lipinski definition) is 2. The van der Waals surface area contributed by atoms with Crippen molar-refractivity contribution in [2.24, 2.45) is 0 Å². The highest BCUT2D eigenvalue weighted by Crippen LogP contribution is 2.43. The summed E-state index contributed by atoms with van der Waals surface area (Å²) in [6, 6.07) is 26.5. The van der Waals surface area contributed by atoms with E-state index in [0.29, 0.717) is 11.5 Å². The van der Waals surface area contributed by atoms with E-state index in [0.717, 1.165) is 16.7 Å². The molecule has 6 rings (SSSR count). The number of aliphatic hydroxyl groups excluding tert-OH is 1. The molecule has 4 atom stereocenters. The van der Waals surface area contributed by atoms with Crippen LogP contribution in [0, 0.1) is 0 Å². The van der Waals surface area contributed by atoms with E-state index in [4.69, 9.17) is 28.5 Å². The topological polar surface area (TPSA) is 123 Å². The van der Waals surface area contributed by atoms with Crippen molar-refractivity contribution in [1.29, 1.82) is 0 Å². The molecule has 2 fully saturated rings. The molecule has 0 aliphatic carbocycles. The van der Waals surface area contributed by atoms with E-state index in [1.54, 1.807) is 40.3 Å². The van der Waals surface area contributed by atoms with E-state index in [2.05, 4.69) is 10.5 Å². The summed E-state index contributed by atoms with van der Waals surface area (Å²) in [4.78, 5) is 24.2. The molecular weight excluding hydrogens is 566 g/mol. The first-order valence-corrected chi connectivity index (χ1v) is 14.3. The molecule has 0 radical (unpaired) electrons. The fraction of sp³-hybridized carbons (Fsp3) is 0.333. The Hall–Kier alpha value is -4.26. The van der Waals surface area contributed by atoms with Crippen molar-refractivity contribution in [1.82, 2.24) is 9.55 Å². The number of rotatable bonds is 10. The average Bonchev–Trinajstić information content (AvgIpc) is 3.55. The quantitative estimate of drug-likeness (QED) is 0.204. The zero-order chi connectivity index (χ0) is 30.9. The van der Waals surface area contributed by atoms with Crippen molar-refractivity contribution >= 4 is 5.82 Å². The lowest BCUT2D eigenvalue weighted by molar-refractivity contribution is -0.200. The highest BCUT2D eigenvalue weighted by Gasteiger charge is 2.56. The molecule has 3 heterocycles. The molecule has 0 saturated carbocycles. The van der Waals surface area contributed by atoms with Crippen LogP contribution in [0.3, 0.4) is 0 Å². The van der Waals surface area contributed by atoms with Crippen molar-refractivity contribution in [2.45, 2.75) is 49.8 Å². The van der Waals surface area contributed by atoms with Gasteiger partial charge >= 0.3 is 5.69 Å². The molecule has 2 saturated heterocycles. The number of nitrogens with zero attached hydrogens (tertiary/aromatic N) is 2. The highest BCUT2D eigenvalue weighted by atomic mass is 16.8. The van der Waals surface area contributed by atoms with Gasteiger partial charge < -0.3 is 28.8 Å². The van der Waals surface area contributed by atoms with E-state index in [1.807, 2.05) is 78.9 Å². The Morgan fingerprint density at radius 1 is 0.864 bits per heavy atom. The standard InChI is InChI=1S/C33H35N3O8/c1-32(2)42-28-26(20-37)41-30(29(28)43-32)36-19-18-27(34-31(36)38)35-44-33(21-8-6-5-7-9-21,22-10-14-24(39-3)15-11-22)23-12-16-25(40-4)17-13-23/h5-19,26,28-30,37H,20H2,1-4H3,(H,34,35,38)/t26-,28+,29?,30-/m1/s1. The van der Waals surface area contributed by atoms with Gasteiger partial charge in [-0.2, -0.15) is 4.98 Å². The second-order valence-corrected chi connectivity index (χ2v) is 11.0. The molecule has 11 heteroatoms. The molecule has 230 valence electrons. The zero-order valence-corrected chi connectivity index (χ0v) is 24.9. The number of fused-ring (bicyclic) bond motifs is 1. The zero-order valence-electron chi connectivity index (χ0n) is 24.9. The van der Waals surface area contributed by atoms with Crippen LogP contribution in [-0.2, 0) is 24.6 Å². The summed E-state index contributed by atoms with van der Waals surface area (Å²) in [5.41, 5.74) is 3.63. The molecule has 1 unspecified atom stereocenters. The molecule has 0 amide bonds. The monoisotopic (exact) mass is 601 g/mol. The third-order valence-electron chi connectivity index (χ3n) is 7.89. The Morgan fingerprint density at radius 2 is 1.43 bits per heavy atom. The number of aromatic nitrogens is 2. The van der Waals surface area contributed by atoms with Crippen molar-refractivity contribution in [3.05, 3.63) is 118 Å². The Kier molecular flexibility index (Phi) is 8.14. The minimum Gasteiger partial charge on any atom is -0.497 e. The van der Waals surface area contributed by atoms with Crippen molar-refractivity contribution in [2.75, 3.05) is 26.3 Å². The second kappa shape index (κ2) is 12.0. The van der Waals surface area contributed by atoms with Gasteiger partial charge in [0.1, 0.15) is 29.8 Å². The predicted molar refractivity (Wildman–Crippen MR) is 160 cm³/mol. The second-order valence-electron chi connectivity index (χ2n) is 11.0. The van der Waals surface area contributed by atoms with Crippen molar-refractivity contribution in [3.63, 3.8) is 0 Å². The molecule has 3 aromatic carbocycles. The minimum absolute atomic E-state index is 0.186. The third kappa shape index (κ3) is 5.44. The molecule has 2 aliphatic rings. The van der Waals surface area contributed by atoms with Gasteiger partial charge in [-0.3, -0.25) is 9.40 Å². The third-order valence-corrected chi connectivity index (χ3v) is 7.89. The highest BCUT2D eigenvalue weighted by molar-refractivity contribution is 5.50. The maximum atomic E-state index is 13.3. The van der Waals surface area contributed by atoms with E-state index in [-0.39, 0.29) is 12.4 Å². The van der Waals surface area contributed by atoms with Gasteiger partial charge in [0.2, 0.25) is 0 Å². The SMILES string of the molecule is COc1ccc(C(ONc2ccn([C@@H]3O[C@H](CO)[C@@H]4OC(C)(C)OC43)c(=O)n2)(c2ccccc2)c2ccc(OC)cc2)cc1. The number of methoxy groups -OCH3 is 2. The summed E-state index contributed by atoms with van der Waals surface area (Å²) in [7, 11) is 3.23. The Balaban J connectivity index is 1.36. The lowest BCUT2D eigenvalue weighted by atomic mass is 9.80. The minimum atomic E-state index is -1.17. The first kappa shape index (κ1) is 29.8. The molecule has 4 aromatic rings. The summed E-state index contributed by atoms with van der Waals surface area (Å²) in [6.07, 6.45) is -1.01. The number of aliphatic hydroxyl groups is 1. The molecule has 0 bridgehead atoms. The maximum Gasteiger partial charge on any atom is 0.351 e. The first-order chi connectivity index (χ1) is 21.3. The van der Waals surface area contributed by atoms with Crippen LogP contribution in [0.15, 0.2) is 95.9 Å². The van der Waals surface area contributed by atoms with Gasteiger partial charge in [0.05, 0.1) is 20.8 Å². The molecule has 1 aromatic heterocycles. The normalized spacial score (nSPS) is 22.4. The Morgan fingerprint density at radius 3 is 1.98 bits per heavy atom. The summed E-state index contributed by atoms with van der Waals surface area (Å²) in [5, 5.41) is 9.84. The van der Waals surface area contributed by atoms with Gasteiger partial charge in [-0.25, -0.2) is 10.3 Å². The van der Waals surface area contributed by atoms with Crippen LogP contribution in [0.2, 0.25) is 0 Å². The largest absolute Gasteiger partial charge is 0.497 e.